The first-order valence-electron chi connectivity index (χ1n) is 9.14. The highest BCUT2D eigenvalue weighted by molar-refractivity contribution is 5.94. The van der Waals surface area contributed by atoms with E-state index in [1.54, 1.807) is 19.2 Å². The maximum Gasteiger partial charge on any atom is 0.269 e. The summed E-state index contributed by atoms with van der Waals surface area (Å²) in [5.41, 5.74) is 1.87. The third-order valence-electron chi connectivity index (χ3n) is 4.54. The van der Waals surface area contributed by atoms with Gasteiger partial charge in [0.25, 0.3) is 5.91 Å². The van der Waals surface area contributed by atoms with E-state index in [0.29, 0.717) is 48.4 Å². The van der Waals surface area contributed by atoms with Crippen LogP contribution >= 0.6 is 0 Å². The molecule has 1 aliphatic rings. The summed E-state index contributed by atoms with van der Waals surface area (Å²) in [7, 11) is 0. The average Bonchev–Trinajstić information content (AvgIpc) is 3.22. The Hall–Kier alpha value is -3.60. The van der Waals surface area contributed by atoms with E-state index in [9.17, 15) is 9.18 Å². The number of hydrogen-bond acceptors (Lipinski definition) is 6. The molecule has 1 amide bonds. The first-order chi connectivity index (χ1) is 14.0. The lowest BCUT2D eigenvalue weighted by atomic mass is 10.0. The van der Waals surface area contributed by atoms with Crippen LogP contribution in [0.1, 0.15) is 42.1 Å². The molecule has 0 N–H and O–H groups in total. The fourth-order valence-electron chi connectivity index (χ4n) is 2.88. The molecule has 1 unspecified atom stereocenters. The molecule has 1 atom stereocenters. The summed E-state index contributed by atoms with van der Waals surface area (Å²) in [6.45, 7) is 5.88. The largest absolute Gasteiger partial charge is 0.477 e. The molecule has 0 bridgehead atoms. The summed E-state index contributed by atoms with van der Waals surface area (Å²) in [5, 5.41) is 14.2. The third kappa shape index (κ3) is 4.82. The highest BCUT2D eigenvalue weighted by Gasteiger charge is 2.29. The van der Waals surface area contributed by atoms with Crippen LogP contribution in [0.25, 0.3) is 0 Å². The summed E-state index contributed by atoms with van der Waals surface area (Å²) in [4.78, 5) is 20.6. The van der Waals surface area contributed by atoms with Crippen LogP contribution in [0.5, 0.6) is 5.88 Å². The first-order valence-corrected chi connectivity index (χ1v) is 9.14. The quantitative estimate of drug-likeness (QED) is 0.531. The molecule has 0 saturated carbocycles. The fraction of sp³-hybridized carbons (Fsp3) is 0.286. The summed E-state index contributed by atoms with van der Waals surface area (Å²) >= 11 is 0. The number of nitrogens with zero attached hydrogens (tertiary/aromatic N) is 5. The van der Waals surface area contributed by atoms with Crippen LogP contribution in [0, 0.1) is 24.1 Å². The van der Waals surface area contributed by atoms with Gasteiger partial charge in [0.05, 0.1) is 25.0 Å². The van der Waals surface area contributed by atoms with Gasteiger partial charge in [-0.1, -0.05) is 18.7 Å². The van der Waals surface area contributed by atoms with Gasteiger partial charge in [0.2, 0.25) is 5.88 Å². The van der Waals surface area contributed by atoms with Gasteiger partial charge in [-0.15, -0.1) is 0 Å². The number of aromatic nitrogens is 2. The molecule has 2 aromatic rings. The monoisotopic (exact) mass is 393 g/mol. The number of hydrogen-bond donors (Lipinski definition) is 0. The zero-order valence-corrected chi connectivity index (χ0v) is 16.0. The van der Waals surface area contributed by atoms with Gasteiger partial charge in [-0.25, -0.2) is 19.4 Å². The molecule has 0 saturated heterocycles. The number of carbonyl (C=O) groups excluding carboxylic acids is 1. The van der Waals surface area contributed by atoms with Crippen molar-refractivity contribution in [3.05, 3.63) is 65.4 Å². The Labute approximate surface area is 168 Å². The minimum absolute atomic E-state index is 0.213. The van der Waals surface area contributed by atoms with Crippen molar-refractivity contribution in [2.45, 2.75) is 32.2 Å². The van der Waals surface area contributed by atoms with Gasteiger partial charge >= 0.3 is 0 Å². The number of benzene rings is 1. The SMILES string of the molecule is C=C(CCCOc1cnc(C#N)cn1)C(=O)N1N=CCC1c1ccc(C)c(F)c1. The summed E-state index contributed by atoms with van der Waals surface area (Å²) in [5.74, 6) is -0.280. The molecule has 29 heavy (non-hydrogen) atoms. The summed E-state index contributed by atoms with van der Waals surface area (Å²) in [6, 6.07) is 6.51. The second kappa shape index (κ2) is 9.06. The van der Waals surface area contributed by atoms with Gasteiger partial charge in [-0.3, -0.25) is 4.79 Å². The molecule has 0 aliphatic carbocycles. The van der Waals surface area contributed by atoms with Crippen LogP contribution in [0.3, 0.4) is 0 Å². The standard InChI is InChI=1S/C21H20FN5O2/c1-14-5-6-16(10-18(14)22)19-7-8-26-27(19)21(28)15(2)4-3-9-29-20-13-24-17(11-23)12-25-20/h5-6,8,10,12-13,19H,2-4,7,9H2,1H3. The minimum atomic E-state index is -0.334. The number of aryl methyl sites for hydroxylation is 1. The first kappa shape index (κ1) is 20.1. The summed E-state index contributed by atoms with van der Waals surface area (Å²) in [6.07, 6.45) is 5.86. The average molecular weight is 393 g/mol. The van der Waals surface area contributed by atoms with Gasteiger partial charge in [-0.05, 0) is 37.0 Å². The predicted molar refractivity (Wildman–Crippen MR) is 104 cm³/mol. The van der Waals surface area contributed by atoms with Crippen LogP contribution in [0.15, 0.2) is 47.8 Å². The zero-order chi connectivity index (χ0) is 20.8. The van der Waals surface area contributed by atoms with E-state index < -0.39 is 0 Å². The van der Waals surface area contributed by atoms with E-state index in [-0.39, 0.29) is 23.5 Å². The number of rotatable bonds is 7. The van der Waals surface area contributed by atoms with E-state index >= 15 is 0 Å². The normalized spacial score (nSPS) is 15.2. The molecule has 0 fully saturated rings. The predicted octanol–water partition coefficient (Wildman–Crippen LogP) is 3.47. The van der Waals surface area contributed by atoms with Crippen LogP contribution in [0.4, 0.5) is 4.39 Å². The number of ether oxygens (including phenoxy) is 1. The third-order valence-corrected chi connectivity index (χ3v) is 4.54. The lowest BCUT2D eigenvalue weighted by molar-refractivity contribution is -0.129. The van der Waals surface area contributed by atoms with Gasteiger partial charge in [0.1, 0.15) is 11.9 Å². The number of nitriles is 1. The summed E-state index contributed by atoms with van der Waals surface area (Å²) < 4.78 is 19.4. The van der Waals surface area contributed by atoms with E-state index in [1.165, 1.54) is 23.5 Å². The molecule has 8 heteroatoms. The van der Waals surface area contributed by atoms with E-state index in [0.717, 1.165) is 0 Å². The van der Waals surface area contributed by atoms with Gasteiger partial charge in [0, 0.05) is 18.2 Å². The lowest BCUT2D eigenvalue weighted by Gasteiger charge is -2.23. The van der Waals surface area contributed by atoms with Crippen molar-refractivity contribution in [1.82, 2.24) is 15.0 Å². The molecule has 2 heterocycles. The fourth-order valence-corrected chi connectivity index (χ4v) is 2.88. The van der Waals surface area contributed by atoms with Crippen molar-refractivity contribution in [3.63, 3.8) is 0 Å². The molecular weight excluding hydrogens is 373 g/mol. The van der Waals surface area contributed by atoms with Crippen molar-refractivity contribution >= 4 is 12.1 Å². The van der Waals surface area contributed by atoms with Crippen LogP contribution < -0.4 is 4.74 Å². The molecule has 1 aromatic carbocycles. The van der Waals surface area contributed by atoms with Crippen LogP contribution in [0.2, 0.25) is 0 Å². The number of amides is 1. The smallest absolute Gasteiger partial charge is 0.269 e. The Morgan fingerprint density at radius 3 is 2.93 bits per heavy atom. The molecular formula is C21H20FN5O2. The molecule has 1 aromatic heterocycles. The van der Waals surface area contributed by atoms with Gasteiger partial charge in [0.15, 0.2) is 5.69 Å². The molecule has 7 nitrogen and oxygen atoms in total. The Kier molecular flexibility index (Phi) is 6.29. The van der Waals surface area contributed by atoms with Crippen molar-refractivity contribution in [1.29, 1.82) is 5.26 Å². The second-order valence-electron chi connectivity index (χ2n) is 6.62. The van der Waals surface area contributed by atoms with Crippen LogP contribution in [-0.2, 0) is 4.79 Å². The number of hydrazone groups is 1. The second-order valence-corrected chi connectivity index (χ2v) is 6.62. The Bertz CT molecular complexity index is 982. The maximum atomic E-state index is 13.9. The molecule has 1 aliphatic heterocycles. The molecule has 0 radical (unpaired) electrons. The van der Waals surface area contributed by atoms with Crippen molar-refractivity contribution in [2.75, 3.05) is 6.61 Å². The highest BCUT2D eigenvalue weighted by atomic mass is 19.1. The molecule has 3 rings (SSSR count). The van der Waals surface area contributed by atoms with E-state index in [4.69, 9.17) is 10.00 Å². The highest BCUT2D eigenvalue weighted by Crippen LogP contribution is 2.30. The topological polar surface area (TPSA) is 91.5 Å². The Balaban J connectivity index is 1.52. The van der Waals surface area contributed by atoms with E-state index in [1.807, 2.05) is 12.1 Å². The van der Waals surface area contributed by atoms with Crippen molar-refractivity contribution < 1.29 is 13.9 Å². The van der Waals surface area contributed by atoms with E-state index in [2.05, 4.69) is 21.6 Å². The lowest BCUT2D eigenvalue weighted by Crippen LogP contribution is -2.28. The van der Waals surface area contributed by atoms with Gasteiger partial charge < -0.3 is 4.74 Å². The molecule has 0 spiro atoms. The number of carbonyl (C=O) groups is 1. The molecule has 148 valence electrons. The Morgan fingerprint density at radius 1 is 1.41 bits per heavy atom. The zero-order valence-electron chi connectivity index (χ0n) is 16.0. The number of halogens is 1. The maximum absolute atomic E-state index is 13.9. The minimum Gasteiger partial charge on any atom is -0.477 e. The van der Waals surface area contributed by atoms with Gasteiger partial charge in [-0.2, -0.15) is 10.4 Å². The van der Waals surface area contributed by atoms with Crippen molar-refractivity contribution in [2.24, 2.45) is 5.10 Å². The Morgan fingerprint density at radius 2 is 2.24 bits per heavy atom. The van der Waals surface area contributed by atoms with Crippen molar-refractivity contribution in [3.8, 4) is 11.9 Å². The van der Waals surface area contributed by atoms with Crippen LogP contribution in [-0.4, -0.2) is 33.7 Å².